The van der Waals surface area contributed by atoms with Crippen molar-refractivity contribution in [3.05, 3.63) is 35.4 Å². The van der Waals surface area contributed by atoms with E-state index in [4.69, 9.17) is 5.73 Å². The standard InChI is InChI=1S/C14H22F2N4/c1-19-5-7-20(8-6-19)18-13(10-17)11-3-2-4-12(9-11)14(15)16/h2-4,9,13-14,18H,5-8,10,17H2,1H3. The number of hydrogen-bond acceptors (Lipinski definition) is 4. The molecule has 1 heterocycles. The average molecular weight is 284 g/mol. The van der Waals surface area contributed by atoms with E-state index in [9.17, 15) is 8.78 Å². The second-order valence-corrected chi connectivity index (χ2v) is 5.18. The highest BCUT2D eigenvalue weighted by atomic mass is 19.3. The minimum Gasteiger partial charge on any atom is -0.329 e. The Kier molecular flexibility index (Phi) is 5.42. The van der Waals surface area contributed by atoms with Gasteiger partial charge < -0.3 is 10.6 Å². The molecular formula is C14H22F2N4. The van der Waals surface area contributed by atoms with Crippen LogP contribution in [-0.2, 0) is 0 Å². The lowest BCUT2D eigenvalue weighted by Crippen LogP contribution is -2.52. The molecule has 1 fully saturated rings. The fraction of sp³-hybridized carbons (Fsp3) is 0.571. The number of halogens is 2. The highest BCUT2D eigenvalue weighted by Gasteiger charge is 2.19. The number of piperazine rings is 1. The van der Waals surface area contributed by atoms with Crippen molar-refractivity contribution in [2.75, 3.05) is 39.8 Å². The second-order valence-electron chi connectivity index (χ2n) is 5.18. The Morgan fingerprint density at radius 3 is 2.45 bits per heavy atom. The van der Waals surface area contributed by atoms with Gasteiger partial charge in [0.15, 0.2) is 0 Å². The molecule has 6 heteroatoms. The molecule has 4 nitrogen and oxygen atoms in total. The SMILES string of the molecule is CN1CCN(NC(CN)c2cccc(C(F)F)c2)CC1. The molecular weight excluding hydrogens is 262 g/mol. The van der Waals surface area contributed by atoms with Gasteiger partial charge in [-0.15, -0.1) is 0 Å². The summed E-state index contributed by atoms with van der Waals surface area (Å²) in [6.07, 6.45) is -2.45. The highest BCUT2D eigenvalue weighted by molar-refractivity contribution is 5.27. The summed E-state index contributed by atoms with van der Waals surface area (Å²) in [5, 5.41) is 2.12. The van der Waals surface area contributed by atoms with Crippen LogP contribution in [0.2, 0.25) is 0 Å². The summed E-state index contributed by atoms with van der Waals surface area (Å²) in [5.41, 5.74) is 9.99. The minimum atomic E-state index is -2.45. The molecule has 0 radical (unpaired) electrons. The lowest BCUT2D eigenvalue weighted by molar-refractivity contribution is 0.0879. The van der Waals surface area contributed by atoms with Crippen LogP contribution in [0.25, 0.3) is 0 Å². The molecule has 112 valence electrons. The van der Waals surface area contributed by atoms with Crippen molar-refractivity contribution in [2.45, 2.75) is 12.5 Å². The van der Waals surface area contributed by atoms with Crippen molar-refractivity contribution in [1.29, 1.82) is 0 Å². The van der Waals surface area contributed by atoms with E-state index in [-0.39, 0.29) is 11.6 Å². The normalized spacial score (nSPS) is 19.4. The lowest BCUT2D eigenvalue weighted by Gasteiger charge is -2.35. The highest BCUT2D eigenvalue weighted by Crippen LogP contribution is 2.22. The first-order valence-electron chi connectivity index (χ1n) is 6.88. The van der Waals surface area contributed by atoms with Gasteiger partial charge in [0.1, 0.15) is 0 Å². The third kappa shape index (κ3) is 3.96. The number of likely N-dealkylation sites (N-methyl/N-ethyl adjacent to an activating group) is 1. The van der Waals surface area contributed by atoms with Crippen molar-refractivity contribution in [2.24, 2.45) is 5.73 Å². The fourth-order valence-electron chi connectivity index (χ4n) is 2.33. The molecule has 0 spiro atoms. The quantitative estimate of drug-likeness (QED) is 0.857. The zero-order chi connectivity index (χ0) is 14.5. The molecule has 0 aromatic heterocycles. The van der Waals surface area contributed by atoms with E-state index >= 15 is 0 Å². The molecule has 1 saturated heterocycles. The van der Waals surface area contributed by atoms with Crippen LogP contribution in [-0.4, -0.2) is 49.7 Å². The van der Waals surface area contributed by atoms with E-state index in [0.29, 0.717) is 6.54 Å². The summed E-state index contributed by atoms with van der Waals surface area (Å²) < 4.78 is 25.5. The predicted molar refractivity (Wildman–Crippen MR) is 75.4 cm³/mol. The Hall–Kier alpha value is -1.08. The topological polar surface area (TPSA) is 44.5 Å². The average Bonchev–Trinajstić information content (AvgIpc) is 2.46. The van der Waals surface area contributed by atoms with Crippen LogP contribution in [0.4, 0.5) is 8.78 Å². The Morgan fingerprint density at radius 1 is 1.20 bits per heavy atom. The molecule has 0 amide bonds. The Labute approximate surface area is 118 Å². The summed E-state index contributed by atoms with van der Waals surface area (Å²) in [6, 6.07) is 6.35. The molecule has 1 aromatic rings. The number of nitrogens with one attached hydrogen (secondary N) is 1. The van der Waals surface area contributed by atoms with Crippen LogP contribution in [0, 0.1) is 0 Å². The molecule has 1 aromatic carbocycles. The van der Waals surface area contributed by atoms with Gasteiger partial charge in [0, 0.05) is 38.3 Å². The predicted octanol–water partition coefficient (Wildman–Crippen LogP) is 1.38. The smallest absolute Gasteiger partial charge is 0.263 e. The minimum absolute atomic E-state index is 0.0427. The summed E-state index contributed by atoms with van der Waals surface area (Å²) in [4.78, 5) is 2.26. The summed E-state index contributed by atoms with van der Waals surface area (Å²) in [5.74, 6) is 0. The van der Waals surface area contributed by atoms with Gasteiger partial charge in [0.2, 0.25) is 0 Å². The molecule has 20 heavy (non-hydrogen) atoms. The van der Waals surface area contributed by atoms with Crippen molar-refractivity contribution >= 4 is 0 Å². The van der Waals surface area contributed by atoms with Crippen molar-refractivity contribution < 1.29 is 8.78 Å². The number of nitrogens with two attached hydrogens (primary N) is 1. The number of nitrogens with zero attached hydrogens (tertiary/aromatic N) is 2. The van der Waals surface area contributed by atoms with E-state index in [1.54, 1.807) is 6.07 Å². The van der Waals surface area contributed by atoms with E-state index < -0.39 is 6.43 Å². The van der Waals surface area contributed by atoms with E-state index in [2.05, 4.69) is 22.4 Å². The Morgan fingerprint density at radius 2 is 1.85 bits per heavy atom. The molecule has 2 rings (SSSR count). The number of alkyl halides is 2. The first-order valence-corrected chi connectivity index (χ1v) is 6.88. The van der Waals surface area contributed by atoms with Crippen LogP contribution in [0.3, 0.4) is 0 Å². The Bertz CT molecular complexity index is 419. The maximum absolute atomic E-state index is 12.7. The number of hydrogen-bond donors (Lipinski definition) is 2. The fourth-order valence-corrected chi connectivity index (χ4v) is 2.33. The van der Waals surface area contributed by atoms with Crippen molar-refractivity contribution in [1.82, 2.24) is 15.3 Å². The molecule has 0 aliphatic carbocycles. The molecule has 3 N–H and O–H groups in total. The van der Waals surface area contributed by atoms with E-state index in [1.807, 2.05) is 6.07 Å². The van der Waals surface area contributed by atoms with Crippen LogP contribution in [0.15, 0.2) is 24.3 Å². The Balaban J connectivity index is 2.02. The van der Waals surface area contributed by atoms with E-state index in [0.717, 1.165) is 31.7 Å². The molecule has 1 unspecified atom stereocenters. The van der Waals surface area contributed by atoms with Gasteiger partial charge in [-0.2, -0.15) is 0 Å². The van der Waals surface area contributed by atoms with Gasteiger partial charge in [0.05, 0.1) is 6.04 Å². The monoisotopic (exact) mass is 284 g/mol. The maximum atomic E-state index is 12.7. The lowest BCUT2D eigenvalue weighted by atomic mass is 10.0. The number of hydrazine groups is 1. The molecule has 1 atom stereocenters. The van der Waals surface area contributed by atoms with Gasteiger partial charge in [-0.05, 0) is 18.7 Å². The van der Waals surface area contributed by atoms with Crippen LogP contribution in [0.5, 0.6) is 0 Å². The summed E-state index contributed by atoms with van der Waals surface area (Å²) in [7, 11) is 2.09. The first-order chi connectivity index (χ1) is 9.60. The first kappa shape index (κ1) is 15.3. The summed E-state index contributed by atoms with van der Waals surface area (Å²) in [6.45, 7) is 4.16. The molecule has 1 aliphatic heterocycles. The third-order valence-corrected chi connectivity index (χ3v) is 3.64. The van der Waals surface area contributed by atoms with Gasteiger partial charge in [0.25, 0.3) is 6.43 Å². The van der Waals surface area contributed by atoms with Crippen LogP contribution >= 0.6 is 0 Å². The van der Waals surface area contributed by atoms with Gasteiger partial charge in [-0.3, -0.25) is 0 Å². The summed E-state index contributed by atoms with van der Waals surface area (Å²) >= 11 is 0. The maximum Gasteiger partial charge on any atom is 0.263 e. The van der Waals surface area contributed by atoms with Gasteiger partial charge in [-0.1, -0.05) is 18.2 Å². The zero-order valence-corrected chi connectivity index (χ0v) is 11.7. The number of rotatable bonds is 5. The van der Waals surface area contributed by atoms with Crippen LogP contribution < -0.4 is 11.2 Å². The number of benzene rings is 1. The molecule has 0 saturated carbocycles. The van der Waals surface area contributed by atoms with Crippen molar-refractivity contribution in [3.63, 3.8) is 0 Å². The van der Waals surface area contributed by atoms with Crippen molar-refractivity contribution in [3.8, 4) is 0 Å². The van der Waals surface area contributed by atoms with Gasteiger partial charge >= 0.3 is 0 Å². The zero-order valence-electron chi connectivity index (χ0n) is 11.7. The van der Waals surface area contributed by atoms with Crippen LogP contribution in [0.1, 0.15) is 23.6 Å². The third-order valence-electron chi connectivity index (χ3n) is 3.64. The molecule has 1 aliphatic rings. The van der Waals surface area contributed by atoms with Gasteiger partial charge in [-0.25, -0.2) is 19.2 Å². The second kappa shape index (κ2) is 7.08. The van der Waals surface area contributed by atoms with E-state index in [1.165, 1.54) is 12.1 Å². The molecule has 0 bridgehead atoms. The largest absolute Gasteiger partial charge is 0.329 e.